The predicted molar refractivity (Wildman–Crippen MR) is 53.9 cm³/mol. The second-order valence-corrected chi connectivity index (χ2v) is 4.22. The molecule has 76 valence electrons. The Hall–Kier alpha value is -0.840. The molecule has 14 heavy (non-hydrogen) atoms. The van der Waals surface area contributed by atoms with Gasteiger partial charge in [0, 0.05) is 7.05 Å². The minimum absolute atomic E-state index is 0.0992. The van der Waals surface area contributed by atoms with Crippen molar-refractivity contribution in [3.8, 4) is 5.75 Å². The first kappa shape index (κ1) is 9.71. The highest BCUT2D eigenvalue weighted by molar-refractivity contribution is 9.10. The number of aromatic nitrogens is 2. The summed E-state index contributed by atoms with van der Waals surface area (Å²) in [6.07, 6.45) is 4.59. The molecule has 1 aliphatic rings. The van der Waals surface area contributed by atoms with E-state index in [0.29, 0.717) is 10.4 Å². The average molecular weight is 259 g/mol. The molecule has 0 aliphatic heterocycles. The molecule has 0 bridgehead atoms. The number of esters is 1. The molecule has 4 nitrogen and oxygen atoms in total. The number of ether oxygens (including phenoxy) is 1. The van der Waals surface area contributed by atoms with Gasteiger partial charge in [-0.05, 0) is 28.8 Å². The van der Waals surface area contributed by atoms with Gasteiger partial charge in [0.25, 0.3) is 0 Å². The lowest BCUT2D eigenvalue weighted by Gasteiger charge is -2.22. The SMILES string of the molecule is Cn1ncc(OC(=O)C2CCC2)c1Br. The first-order valence-electron chi connectivity index (χ1n) is 4.57. The Bertz CT molecular complexity index is 358. The molecule has 1 aliphatic carbocycles. The fourth-order valence-corrected chi connectivity index (χ4v) is 1.58. The smallest absolute Gasteiger partial charge is 0.314 e. The van der Waals surface area contributed by atoms with Crippen LogP contribution >= 0.6 is 15.9 Å². The summed E-state index contributed by atoms with van der Waals surface area (Å²) in [5.74, 6) is 0.469. The second-order valence-electron chi connectivity index (χ2n) is 3.47. The van der Waals surface area contributed by atoms with Crippen molar-refractivity contribution >= 4 is 21.9 Å². The molecular formula is C9H11BrN2O2. The van der Waals surface area contributed by atoms with E-state index >= 15 is 0 Å². The molecule has 0 radical (unpaired) electrons. The van der Waals surface area contributed by atoms with Crippen molar-refractivity contribution in [1.29, 1.82) is 0 Å². The maximum Gasteiger partial charge on any atom is 0.314 e. The van der Waals surface area contributed by atoms with Gasteiger partial charge < -0.3 is 4.74 Å². The zero-order valence-corrected chi connectivity index (χ0v) is 9.45. The zero-order chi connectivity index (χ0) is 10.1. The Balaban J connectivity index is 2.03. The third-order valence-electron chi connectivity index (χ3n) is 2.48. The summed E-state index contributed by atoms with van der Waals surface area (Å²) < 4.78 is 7.51. The number of carbonyl (C=O) groups is 1. The van der Waals surface area contributed by atoms with Crippen LogP contribution in [0.1, 0.15) is 19.3 Å². The zero-order valence-electron chi connectivity index (χ0n) is 7.86. The molecule has 5 heteroatoms. The van der Waals surface area contributed by atoms with E-state index in [1.807, 2.05) is 0 Å². The van der Waals surface area contributed by atoms with Crippen LogP contribution < -0.4 is 4.74 Å². The maximum atomic E-state index is 11.5. The van der Waals surface area contributed by atoms with Gasteiger partial charge in [0.15, 0.2) is 5.75 Å². The van der Waals surface area contributed by atoms with Gasteiger partial charge in [0.2, 0.25) is 0 Å². The molecule has 1 aromatic rings. The third-order valence-corrected chi connectivity index (χ3v) is 3.39. The van der Waals surface area contributed by atoms with Crippen molar-refractivity contribution in [2.45, 2.75) is 19.3 Å². The van der Waals surface area contributed by atoms with E-state index in [0.717, 1.165) is 19.3 Å². The third kappa shape index (κ3) is 1.68. The van der Waals surface area contributed by atoms with Crippen LogP contribution in [-0.4, -0.2) is 15.7 Å². The van der Waals surface area contributed by atoms with Gasteiger partial charge in [-0.1, -0.05) is 6.42 Å². The van der Waals surface area contributed by atoms with Crippen LogP contribution in [0.15, 0.2) is 10.8 Å². The van der Waals surface area contributed by atoms with E-state index in [2.05, 4.69) is 21.0 Å². The van der Waals surface area contributed by atoms with E-state index in [1.54, 1.807) is 17.9 Å². The highest BCUT2D eigenvalue weighted by atomic mass is 79.9. The topological polar surface area (TPSA) is 44.1 Å². The van der Waals surface area contributed by atoms with Crippen molar-refractivity contribution in [1.82, 2.24) is 9.78 Å². The van der Waals surface area contributed by atoms with Gasteiger partial charge in [0.05, 0.1) is 12.1 Å². The van der Waals surface area contributed by atoms with Crippen LogP contribution in [0.4, 0.5) is 0 Å². The summed E-state index contributed by atoms with van der Waals surface area (Å²) in [7, 11) is 1.78. The van der Waals surface area contributed by atoms with Gasteiger partial charge in [-0.2, -0.15) is 5.10 Å². The van der Waals surface area contributed by atoms with E-state index in [9.17, 15) is 4.79 Å². The van der Waals surface area contributed by atoms with E-state index in [1.165, 1.54) is 0 Å². The molecule has 0 aromatic carbocycles. The fraction of sp³-hybridized carbons (Fsp3) is 0.556. The number of rotatable bonds is 2. The Labute approximate surface area is 90.4 Å². The summed E-state index contributed by atoms with van der Waals surface area (Å²) >= 11 is 3.29. The lowest BCUT2D eigenvalue weighted by molar-refractivity contribution is -0.141. The number of nitrogens with zero attached hydrogens (tertiary/aromatic N) is 2. The lowest BCUT2D eigenvalue weighted by Crippen LogP contribution is -2.26. The molecule has 1 aromatic heterocycles. The monoisotopic (exact) mass is 258 g/mol. The molecule has 1 fully saturated rings. The van der Waals surface area contributed by atoms with Gasteiger partial charge in [-0.15, -0.1) is 0 Å². The molecule has 0 amide bonds. The molecule has 1 saturated carbocycles. The minimum atomic E-state index is -0.134. The molecule has 2 rings (SSSR count). The molecule has 0 atom stereocenters. The molecule has 0 unspecified atom stereocenters. The van der Waals surface area contributed by atoms with Crippen molar-refractivity contribution in [2.75, 3.05) is 0 Å². The van der Waals surface area contributed by atoms with Crippen molar-refractivity contribution in [3.63, 3.8) is 0 Å². The van der Waals surface area contributed by atoms with E-state index in [4.69, 9.17) is 4.74 Å². The summed E-state index contributed by atoms with van der Waals surface area (Å²) in [4.78, 5) is 11.5. The van der Waals surface area contributed by atoms with Crippen molar-refractivity contribution in [2.24, 2.45) is 13.0 Å². The summed E-state index contributed by atoms with van der Waals surface area (Å²) in [6.45, 7) is 0. The largest absolute Gasteiger partial charge is 0.422 e. The van der Waals surface area contributed by atoms with Gasteiger partial charge in [-0.3, -0.25) is 9.48 Å². The molecular weight excluding hydrogens is 248 g/mol. The van der Waals surface area contributed by atoms with Crippen molar-refractivity contribution in [3.05, 3.63) is 10.8 Å². The highest BCUT2D eigenvalue weighted by Crippen LogP contribution is 2.30. The number of halogens is 1. The normalized spacial score (nSPS) is 16.4. The van der Waals surface area contributed by atoms with Crippen LogP contribution in [0.2, 0.25) is 0 Å². The van der Waals surface area contributed by atoms with E-state index < -0.39 is 0 Å². The summed E-state index contributed by atoms with van der Waals surface area (Å²) in [5.41, 5.74) is 0. The molecule has 1 heterocycles. The first-order chi connectivity index (χ1) is 6.68. The van der Waals surface area contributed by atoms with Gasteiger partial charge in [-0.25, -0.2) is 0 Å². The van der Waals surface area contributed by atoms with Crippen LogP contribution in [0, 0.1) is 5.92 Å². The lowest BCUT2D eigenvalue weighted by atomic mass is 9.86. The number of hydrogen-bond donors (Lipinski definition) is 0. The fourth-order valence-electron chi connectivity index (χ4n) is 1.31. The standard InChI is InChI=1S/C9H11BrN2O2/c1-12-8(10)7(5-11-12)14-9(13)6-3-2-4-6/h5-6H,2-4H2,1H3. The van der Waals surface area contributed by atoms with Crippen LogP contribution in [-0.2, 0) is 11.8 Å². The van der Waals surface area contributed by atoms with E-state index in [-0.39, 0.29) is 11.9 Å². The number of hydrogen-bond acceptors (Lipinski definition) is 3. The number of aryl methyl sites for hydroxylation is 1. The minimum Gasteiger partial charge on any atom is -0.422 e. The second kappa shape index (κ2) is 3.73. The average Bonchev–Trinajstić information content (AvgIpc) is 2.33. The number of carbonyl (C=O) groups excluding carboxylic acids is 1. The highest BCUT2D eigenvalue weighted by Gasteiger charge is 2.27. The Morgan fingerprint density at radius 1 is 1.71 bits per heavy atom. The quantitative estimate of drug-likeness (QED) is 0.762. The Kier molecular flexibility index (Phi) is 2.58. The first-order valence-corrected chi connectivity index (χ1v) is 5.37. The molecule has 0 saturated heterocycles. The van der Waals surface area contributed by atoms with Gasteiger partial charge >= 0.3 is 5.97 Å². The summed E-state index contributed by atoms with van der Waals surface area (Å²) in [5, 5.41) is 3.96. The van der Waals surface area contributed by atoms with Crippen molar-refractivity contribution < 1.29 is 9.53 Å². The summed E-state index contributed by atoms with van der Waals surface area (Å²) in [6, 6.07) is 0. The molecule has 0 N–H and O–H groups in total. The Morgan fingerprint density at radius 2 is 2.43 bits per heavy atom. The molecule has 0 spiro atoms. The van der Waals surface area contributed by atoms with Crippen LogP contribution in [0.5, 0.6) is 5.75 Å². The van der Waals surface area contributed by atoms with Crippen LogP contribution in [0.25, 0.3) is 0 Å². The Morgan fingerprint density at radius 3 is 2.86 bits per heavy atom. The van der Waals surface area contributed by atoms with Crippen LogP contribution in [0.3, 0.4) is 0 Å². The maximum absolute atomic E-state index is 11.5. The van der Waals surface area contributed by atoms with Gasteiger partial charge in [0.1, 0.15) is 4.60 Å². The predicted octanol–water partition coefficient (Wildman–Crippen LogP) is 1.89.